The van der Waals surface area contributed by atoms with E-state index in [0.29, 0.717) is 0 Å². The summed E-state index contributed by atoms with van der Waals surface area (Å²) >= 11 is 0. The van der Waals surface area contributed by atoms with Crippen LogP contribution in [0.1, 0.15) is 39.5 Å². The first kappa shape index (κ1) is 12.2. The van der Waals surface area contributed by atoms with Gasteiger partial charge >= 0.3 is 0 Å². The quantitative estimate of drug-likeness (QED) is 0.561. The Labute approximate surface area is 90.0 Å². The second-order valence-electron chi connectivity index (χ2n) is 4.54. The summed E-state index contributed by atoms with van der Waals surface area (Å²) in [5, 5.41) is 3.47. The van der Waals surface area contributed by atoms with Gasteiger partial charge in [-0.05, 0) is 20.4 Å². The van der Waals surface area contributed by atoms with Gasteiger partial charge in [0.2, 0.25) is 0 Å². The van der Waals surface area contributed by atoms with Crippen molar-refractivity contribution in [2.24, 2.45) is 0 Å². The van der Waals surface area contributed by atoms with Crippen LogP contribution in [0.4, 0.5) is 0 Å². The van der Waals surface area contributed by atoms with E-state index in [2.05, 4.69) is 26.2 Å². The number of rotatable bonds is 5. The first-order valence-electron chi connectivity index (χ1n) is 6.06. The van der Waals surface area contributed by atoms with E-state index in [0.717, 1.165) is 13.0 Å². The van der Waals surface area contributed by atoms with E-state index in [-0.39, 0.29) is 5.35 Å². The predicted octanol–water partition coefficient (Wildman–Crippen LogP) is 2.30. The molecule has 3 heteroatoms. The molecule has 1 aliphatic heterocycles. The molecule has 1 atom stereocenters. The molecule has 1 rings (SSSR count). The minimum absolute atomic E-state index is 0.0520. The molecule has 0 radical (unpaired) electrons. The zero-order valence-electron chi connectivity index (χ0n) is 9.94. The van der Waals surface area contributed by atoms with Crippen molar-refractivity contribution in [3.8, 4) is 0 Å². The molecule has 14 heavy (non-hydrogen) atoms. The third-order valence-corrected chi connectivity index (χ3v) is 7.71. The van der Waals surface area contributed by atoms with Crippen molar-refractivity contribution in [3.63, 3.8) is 0 Å². The Morgan fingerprint density at radius 2 is 1.93 bits per heavy atom. The van der Waals surface area contributed by atoms with E-state index >= 15 is 0 Å². The molecular weight excluding hydrogens is 190 g/mol. The first-order valence-corrected chi connectivity index (χ1v) is 8.27. The molecular formula is C11H25NOSi. The van der Waals surface area contributed by atoms with Crippen molar-refractivity contribution in [1.29, 1.82) is 0 Å². The van der Waals surface area contributed by atoms with Gasteiger partial charge in [0.25, 0.3) is 0 Å². The van der Waals surface area contributed by atoms with E-state index in [1.54, 1.807) is 0 Å². The van der Waals surface area contributed by atoms with Crippen LogP contribution < -0.4 is 5.32 Å². The molecule has 0 aromatic heterocycles. The van der Waals surface area contributed by atoms with Crippen LogP contribution in [0.5, 0.6) is 0 Å². The summed E-state index contributed by atoms with van der Waals surface area (Å²) in [5.41, 5.74) is 0. The summed E-state index contributed by atoms with van der Waals surface area (Å²) in [6.07, 6.45) is 5.43. The molecule has 1 unspecified atom stereocenters. The fourth-order valence-electron chi connectivity index (χ4n) is 2.36. The van der Waals surface area contributed by atoms with Gasteiger partial charge in [0.05, 0.1) is 14.1 Å². The Balaban J connectivity index is 2.47. The number of hydrogen-bond acceptors (Lipinski definition) is 2. The van der Waals surface area contributed by atoms with E-state index < -0.39 is 8.80 Å². The molecule has 84 valence electrons. The van der Waals surface area contributed by atoms with Crippen LogP contribution in [0.15, 0.2) is 0 Å². The normalized spacial score (nSPS) is 23.4. The second-order valence-corrected chi connectivity index (χ2v) is 8.19. The van der Waals surface area contributed by atoms with Crippen LogP contribution >= 0.6 is 0 Å². The average Bonchev–Trinajstić information content (AvgIpc) is 2.27. The highest BCUT2D eigenvalue weighted by Gasteiger charge is 2.35. The molecule has 0 spiro atoms. The summed E-state index contributed by atoms with van der Waals surface area (Å²) in [6.45, 7) is 5.35. The van der Waals surface area contributed by atoms with Gasteiger partial charge in [0, 0.05) is 6.61 Å². The van der Waals surface area contributed by atoms with E-state index in [4.69, 9.17) is 4.74 Å². The van der Waals surface area contributed by atoms with Crippen molar-refractivity contribution in [2.45, 2.75) is 57.0 Å². The van der Waals surface area contributed by atoms with Crippen molar-refractivity contribution in [1.82, 2.24) is 5.32 Å². The predicted molar refractivity (Wildman–Crippen MR) is 64.3 cm³/mol. The van der Waals surface area contributed by atoms with Gasteiger partial charge in [-0.2, -0.15) is 0 Å². The Morgan fingerprint density at radius 3 is 2.43 bits per heavy atom. The molecule has 0 bridgehead atoms. The van der Waals surface area contributed by atoms with E-state index in [1.807, 2.05) is 0 Å². The van der Waals surface area contributed by atoms with Gasteiger partial charge < -0.3 is 4.74 Å². The van der Waals surface area contributed by atoms with Crippen LogP contribution in [0, 0.1) is 0 Å². The zero-order chi connectivity index (χ0) is 10.4. The largest absolute Gasteiger partial charge is 0.365 e. The number of hydrogen-bond donors (Lipinski definition) is 1. The lowest BCUT2D eigenvalue weighted by molar-refractivity contribution is 0.00595. The molecule has 1 saturated heterocycles. The minimum atomic E-state index is -0.721. The highest BCUT2D eigenvalue weighted by molar-refractivity contribution is 6.62. The molecule has 1 heterocycles. The monoisotopic (exact) mass is 215 g/mol. The smallest absolute Gasteiger partial charge is 0.0986 e. The van der Waals surface area contributed by atoms with Crippen LogP contribution in [0.2, 0.25) is 12.1 Å². The fraction of sp³-hybridized carbons (Fsp3) is 1.00. The second kappa shape index (κ2) is 5.88. The van der Waals surface area contributed by atoms with Crippen LogP contribution in [0.3, 0.4) is 0 Å². The summed E-state index contributed by atoms with van der Waals surface area (Å²) in [6, 6.07) is 2.92. The van der Waals surface area contributed by atoms with Crippen molar-refractivity contribution < 1.29 is 4.74 Å². The molecule has 0 aromatic rings. The van der Waals surface area contributed by atoms with Crippen molar-refractivity contribution in [3.05, 3.63) is 0 Å². The lowest BCUT2D eigenvalue weighted by Crippen LogP contribution is -2.56. The molecule has 1 fully saturated rings. The molecule has 2 nitrogen and oxygen atoms in total. The first-order chi connectivity index (χ1) is 6.73. The van der Waals surface area contributed by atoms with Gasteiger partial charge in [-0.1, -0.05) is 38.3 Å². The maximum atomic E-state index is 6.02. The minimum Gasteiger partial charge on any atom is -0.365 e. The third-order valence-electron chi connectivity index (χ3n) is 3.49. The molecule has 0 aromatic carbocycles. The summed E-state index contributed by atoms with van der Waals surface area (Å²) in [7, 11) is 1.33. The van der Waals surface area contributed by atoms with Crippen LogP contribution in [-0.4, -0.2) is 27.8 Å². The maximum Gasteiger partial charge on any atom is 0.0986 e. The summed E-state index contributed by atoms with van der Waals surface area (Å²) in [4.78, 5) is 0. The van der Waals surface area contributed by atoms with E-state index in [9.17, 15) is 0 Å². The lowest BCUT2D eigenvalue weighted by Gasteiger charge is -2.38. The summed E-state index contributed by atoms with van der Waals surface area (Å²) in [5.74, 6) is 0. The Kier molecular flexibility index (Phi) is 5.13. The SMILES string of the molecule is CCCOC(C)(NC)[SiH]1CCCCC1. The molecule has 1 N–H and O–H groups in total. The molecule has 1 aliphatic rings. The zero-order valence-corrected chi connectivity index (χ0v) is 11.1. The van der Waals surface area contributed by atoms with Crippen LogP contribution in [0.25, 0.3) is 0 Å². The van der Waals surface area contributed by atoms with E-state index in [1.165, 1.54) is 31.4 Å². The standard InChI is InChI=1S/C11H25NOSi/c1-4-8-13-11(2,12-3)14-9-6-5-7-10-14/h12,14H,4-10H2,1-3H3. The van der Waals surface area contributed by atoms with Gasteiger partial charge in [0.15, 0.2) is 0 Å². The summed E-state index contributed by atoms with van der Waals surface area (Å²) < 4.78 is 6.02. The fourth-order valence-corrected chi connectivity index (χ4v) is 6.08. The van der Waals surface area contributed by atoms with Crippen molar-refractivity contribution in [2.75, 3.05) is 13.7 Å². The van der Waals surface area contributed by atoms with Crippen molar-refractivity contribution >= 4 is 8.80 Å². The molecule has 0 saturated carbocycles. The molecule has 0 aliphatic carbocycles. The maximum absolute atomic E-state index is 6.02. The Morgan fingerprint density at radius 1 is 1.29 bits per heavy atom. The average molecular weight is 215 g/mol. The third kappa shape index (κ3) is 3.07. The topological polar surface area (TPSA) is 21.3 Å². The Bertz CT molecular complexity index is 159. The molecule has 0 amide bonds. The van der Waals surface area contributed by atoms with Gasteiger partial charge in [-0.15, -0.1) is 0 Å². The highest BCUT2D eigenvalue weighted by Crippen LogP contribution is 2.27. The number of nitrogens with one attached hydrogen (secondary N) is 1. The Hall–Kier alpha value is 0.137. The lowest BCUT2D eigenvalue weighted by atomic mass is 10.3. The van der Waals surface area contributed by atoms with Crippen LogP contribution in [-0.2, 0) is 4.74 Å². The highest BCUT2D eigenvalue weighted by atomic mass is 28.3. The van der Waals surface area contributed by atoms with Gasteiger partial charge in [-0.25, -0.2) is 0 Å². The van der Waals surface area contributed by atoms with Gasteiger partial charge in [-0.3, -0.25) is 5.32 Å². The number of ether oxygens (including phenoxy) is 1. The van der Waals surface area contributed by atoms with Gasteiger partial charge in [0.1, 0.15) is 0 Å².